The molecule has 0 radical (unpaired) electrons. The highest BCUT2D eigenvalue weighted by Crippen LogP contribution is 2.43. The van der Waals surface area contributed by atoms with Crippen LogP contribution < -0.4 is 10.6 Å². The number of carbonyl (C=O) groups is 1. The lowest BCUT2D eigenvalue weighted by atomic mass is 9.72. The van der Waals surface area contributed by atoms with Crippen LogP contribution in [0.4, 0.5) is 5.00 Å². The van der Waals surface area contributed by atoms with Crippen molar-refractivity contribution >= 4 is 51.2 Å². The fourth-order valence-corrected chi connectivity index (χ4v) is 5.20. The summed E-state index contributed by atoms with van der Waals surface area (Å²) in [5.74, 6) is 0.250. The monoisotopic (exact) mass is 431 g/mol. The van der Waals surface area contributed by atoms with Crippen LogP contribution >= 0.6 is 35.2 Å². The van der Waals surface area contributed by atoms with E-state index in [4.69, 9.17) is 23.8 Å². The summed E-state index contributed by atoms with van der Waals surface area (Å²) in [5, 5.41) is 16.7. The summed E-state index contributed by atoms with van der Waals surface area (Å²) in [6, 6.07) is 8.97. The van der Waals surface area contributed by atoms with Gasteiger partial charge in [-0.15, -0.1) is 11.3 Å². The van der Waals surface area contributed by atoms with Crippen LogP contribution in [0.5, 0.6) is 0 Å². The van der Waals surface area contributed by atoms with Gasteiger partial charge in [0.2, 0.25) is 0 Å². The number of thiophene rings is 1. The van der Waals surface area contributed by atoms with E-state index >= 15 is 0 Å². The lowest BCUT2D eigenvalue weighted by Crippen LogP contribution is -2.34. The molecule has 4 nitrogen and oxygen atoms in total. The average Bonchev–Trinajstić information content (AvgIpc) is 2.96. The second-order valence-electron chi connectivity index (χ2n) is 8.04. The highest BCUT2D eigenvalue weighted by Gasteiger charge is 2.32. The van der Waals surface area contributed by atoms with E-state index in [1.165, 1.54) is 4.88 Å². The van der Waals surface area contributed by atoms with Gasteiger partial charge in [-0.3, -0.25) is 10.1 Å². The number of halogens is 1. The third-order valence-electron chi connectivity index (χ3n) is 5.14. The van der Waals surface area contributed by atoms with Crippen molar-refractivity contribution in [1.82, 2.24) is 5.32 Å². The maximum Gasteiger partial charge on any atom is 0.257 e. The standard InChI is InChI=1S/C21H22ClN3OS2/c1-21(2,3)13-7-8-15-16(11-23)19(28-17(15)10-13)25-20(27)24-18(26)12-5-4-6-14(22)9-12/h4-6,9,13H,7-8,10H2,1-3H3,(H2,24,25,26,27)/t13-/m0/s1. The van der Waals surface area contributed by atoms with Gasteiger partial charge in [0.05, 0.1) is 5.56 Å². The molecule has 1 atom stereocenters. The summed E-state index contributed by atoms with van der Waals surface area (Å²) >= 11 is 12.8. The topological polar surface area (TPSA) is 64.9 Å². The van der Waals surface area contributed by atoms with E-state index in [1.807, 2.05) is 0 Å². The molecule has 2 N–H and O–H groups in total. The fourth-order valence-electron chi connectivity index (χ4n) is 3.47. The number of thiocarbonyl (C=S) groups is 1. The molecule has 0 unspecified atom stereocenters. The van der Waals surface area contributed by atoms with Gasteiger partial charge in [0, 0.05) is 15.5 Å². The van der Waals surface area contributed by atoms with Crippen LogP contribution in [0.25, 0.3) is 0 Å². The van der Waals surface area contributed by atoms with E-state index in [2.05, 4.69) is 37.5 Å². The number of amides is 1. The number of carbonyl (C=O) groups excluding carboxylic acids is 1. The molecule has 1 aliphatic rings. The normalized spacial score (nSPS) is 16.0. The third kappa shape index (κ3) is 4.54. The lowest BCUT2D eigenvalue weighted by Gasteiger charge is -2.33. The number of nitrogens with zero attached hydrogens (tertiary/aromatic N) is 1. The Bertz CT molecular complexity index is 969. The van der Waals surface area contributed by atoms with Crippen molar-refractivity contribution < 1.29 is 4.79 Å². The number of nitriles is 1. The van der Waals surface area contributed by atoms with Crippen LogP contribution in [0, 0.1) is 22.7 Å². The number of hydrogen-bond donors (Lipinski definition) is 2. The first-order chi connectivity index (χ1) is 13.2. The average molecular weight is 432 g/mol. The van der Waals surface area contributed by atoms with Crippen LogP contribution in [0.15, 0.2) is 24.3 Å². The van der Waals surface area contributed by atoms with Gasteiger partial charge in [0.25, 0.3) is 5.91 Å². The van der Waals surface area contributed by atoms with Crippen LogP contribution in [0.1, 0.15) is 53.6 Å². The molecule has 1 aromatic carbocycles. The first-order valence-corrected chi connectivity index (χ1v) is 10.7. The smallest absolute Gasteiger partial charge is 0.257 e. The third-order valence-corrected chi connectivity index (χ3v) is 6.75. The molecule has 1 aromatic heterocycles. The minimum absolute atomic E-state index is 0.174. The van der Waals surface area contributed by atoms with Gasteiger partial charge < -0.3 is 5.32 Å². The number of nitrogens with one attached hydrogen (secondary N) is 2. The van der Waals surface area contributed by atoms with E-state index in [0.29, 0.717) is 27.1 Å². The summed E-state index contributed by atoms with van der Waals surface area (Å²) < 4.78 is 0. The van der Waals surface area contributed by atoms with E-state index in [-0.39, 0.29) is 16.4 Å². The summed E-state index contributed by atoms with van der Waals surface area (Å²) in [6.45, 7) is 6.80. The van der Waals surface area contributed by atoms with Crippen molar-refractivity contribution in [3.63, 3.8) is 0 Å². The van der Waals surface area contributed by atoms with Crippen molar-refractivity contribution in [2.24, 2.45) is 11.3 Å². The molecule has 0 saturated heterocycles. The van der Waals surface area contributed by atoms with E-state index < -0.39 is 0 Å². The Balaban J connectivity index is 1.74. The Labute approximate surface area is 179 Å². The maximum absolute atomic E-state index is 12.3. The van der Waals surface area contributed by atoms with Gasteiger partial charge in [-0.05, 0) is 66.6 Å². The largest absolute Gasteiger partial charge is 0.323 e. The number of anilines is 1. The van der Waals surface area contributed by atoms with Crippen LogP contribution in [-0.2, 0) is 12.8 Å². The quantitative estimate of drug-likeness (QED) is 0.611. The van der Waals surface area contributed by atoms with E-state index in [1.54, 1.807) is 35.6 Å². The molecule has 28 heavy (non-hydrogen) atoms. The summed E-state index contributed by atoms with van der Waals surface area (Å²) in [6.07, 6.45) is 2.96. The Morgan fingerprint density at radius 1 is 1.39 bits per heavy atom. The van der Waals surface area contributed by atoms with Gasteiger partial charge in [-0.25, -0.2) is 0 Å². The first kappa shape index (κ1) is 20.8. The Morgan fingerprint density at radius 3 is 2.79 bits per heavy atom. The highest BCUT2D eigenvalue weighted by atomic mass is 35.5. The number of benzene rings is 1. The molecular weight excluding hydrogens is 410 g/mol. The molecule has 0 spiro atoms. The minimum Gasteiger partial charge on any atom is -0.323 e. The second-order valence-corrected chi connectivity index (χ2v) is 9.99. The van der Waals surface area contributed by atoms with Gasteiger partial charge in [0.1, 0.15) is 11.1 Å². The predicted octanol–water partition coefficient (Wildman–Crippen LogP) is 5.55. The second kappa shape index (κ2) is 8.20. The molecule has 1 aliphatic carbocycles. The zero-order valence-corrected chi connectivity index (χ0v) is 18.4. The van der Waals surface area contributed by atoms with E-state index in [9.17, 15) is 10.1 Å². The molecule has 2 aromatic rings. The predicted molar refractivity (Wildman–Crippen MR) is 119 cm³/mol. The fraction of sp³-hybridized carbons (Fsp3) is 0.381. The minimum atomic E-state index is -0.340. The van der Waals surface area contributed by atoms with Gasteiger partial charge in [-0.1, -0.05) is 38.4 Å². The molecular formula is C21H22ClN3OS2. The maximum atomic E-state index is 12.3. The highest BCUT2D eigenvalue weighted by molar-refractivity contribution is 7.80. The summed E-state index contributed by atoms with van der Waals surface area (Å²) in [5.41, 5.74) is 2.43. The Morgan fingerprint density at radius 2 is 2.14 bits per heavy atom. The number of rotatable bonds is 2. The molecule has 1 heterocycles. The van der Waals surface area contributed by atoms with Gasteiger partial charge >= 0.3 is 0 Å². The molecule has 1 amide bonds. The zero-order valence-electron chi connectivity index (χ0n) is 16.1. The molecule has 0 fully saturated rings. The van der Waals surface area contributed by atoms with Crippen LogP contribution in [0.3, 0.4) is 0 Å². The lowest BCUT2D eigenvalue weighted by molar-refractivity contribution is 0.0977. The molecule has 0 saturated carbocycles. The Hall–Kier alpha value is -1.94. The Kier molecular flexibility index (Phi) is 6.09. The number of hydrogen-bond acceptors (Lipinski definition) is 4. The van der Waals surface area contributed by atoms with Gasteiger partial charge in [-0.2, -0.15) is 5.26 Å². The molecule has 146 valence electrons. The summed E-state index contributed by atoms with van der Waals surface area (Å²) in [7, 11) is 0. The molecule has 7 heteroatoms. The van der Waals surface area contributed by atoms with Crippen LogP contribution in [-0.4, -0.2) is 11.0 Å². The van der Waals surface area contributed by atoms with Crippen LogP contribution in [0.2, 0.25) is 5.02 Å². The van der Waals surface area contributed by atoms with Gasteiger partial charge in [0.15, 0.2) is 5.11 Å². The SMILES string of the molecule is CC(C)(C)[C@H]1CCc2c(sc(NC(=S)NC(=O)c3cccc(Cl)c3)c2C#N)C1. The van der Waals surface area contributed by atoms with Crippen molar-refractivity contribution in [3.8, 4) is 6.07 Å². The number of fused-ring (bicyclic) bond motifs is 1. The van der Waals surface area contributed by atoms with Crippen molar-refractivity contribution in [2.45, 2.75) is 40.0 Å². The van der Waals surface area contributed by atoms with Crippen molar-refractivity contribution in [2.75, 3.05) is 5.32 Å². The molecule has 3 rings (SSSR count). The first-order valence-electron chi connectivity index (χ1n) is 9.11. The molecule has 0 bridgehead atoms. The van der Waals surface area contributed by atoms with E-state index in [0.717, 1.165) is 24.8 Å². The molecule has 0 aliphatic heterocycles. The summed E-state index contributed by atoms with van der Waals surface area (Å²) in [4.78, 5) is 13.6. The van der Waals surface area contributed by atoms with Crippen molar-refractivity contribution in [1.29, 1.82) is 5.26 Å². The zero-order chi connectivity index (χ0) is 20.5. The van der Waals surface area contributed by atoms with Crippen molar-refractivity contribution in [3.05, 3.63) is 50.9 Å².